The Morgan fingerprint density at radius 3 is 2.97 bits per heavy atom. The summed E-state index contributed by atoms with van der Waals surface area (Å²) in [6, 6.07) is 5.90. The zero-order chi connectivity index (χ0) is 20.2. The van der Waals surface area contributed by atoms with E-state index in [1.807, 2.05) is 40.6 Å². The number of aryl methyl sites for hydroxylation is 1. The summed E-state index contributed by atoms with van der Waals surface area (Å²) in [5, 5.41) is 14.3. The first kappa shape index (κ1) is 17.1. The van der Waals surface area contributed by atoms with Crippen molar-refractivity contribution in [3.05, 3.63) is 70.2 Å². The van der Waals surface area contributed by atoms with Crippen LogP contribution in [0, 0.1) is 0 Å². The number of hydrogen-bond donors (Lipinski definition) is 1. The van der Waals surface area contributed by atoms with E-state index in [4.69, 9.17) is 4.98 Å². The van der Waals surface area contributed by atoms with E-state index >= 15 is 0 Å². The van der Waals surface area contributed by atoms with Crippen molar-refractivity contribution in [3.63, 3.8) is 0 Å². The van der Waals surface area contributed by atoms with Crippen LogP contribution in [0.2, 0.25) is 0 Å². The van der Waals surface area contributed by atoms with Gasteiger partial charge >= 0.3 is 0 Å². The summed E-state index contributed by atoms with van der Waals surface area (Å²) in [4.78, 5) is 22.1. The third-order valence-corrected chi connectivity index (χ3v) is 6.40. The second-order valence-electron chi connectivity index (χ2n) is 7.17. The molecule has 30 heavy (non-hydrogen) atoms. The third kappa shape index (κ3) is 2.50. The molecule has 6 aromatic rings. The van der Waals surface area contributed by atoms with Crippen LogP contribution < -0.4 is 5.56 Å². The van der Waals surface area contributed by atoms with Crippen molar-refractivity contribution in [1.29, 1.82) is 0 Å². The number of benzene rings is 1. The Hall–Kier alpha value is -3.79. The van der Waals surface area contributed by atoms with E-state index in [1.165, 1.54) is 4.68 Å². The van der Waals surface area contributed by atoms with Gasteiger partial charge in [0.2, 0.25) is 0 Å². The van der Waals surface area contributed by atoms with Gasteiger partial charge in [-0.05, 0) is 11.6 Å². The fourth-order valence-corrected chi connectivity index (χ4v) is 4.99. The van der Waals surface area contributed by atoms with Crippen LogP contribution in [-0.4, -0.2) is 39.1 Å². The predicted molar refractivity (Wildman–Crippen MR) is 115 cm³/mol. The molecule has 0 saturated carbocycles. The quantitative estimate of drug-likeness (QED) is 0.476. The van der Waals surface area contributed by atoms with Crippen molar-refractivity contribution in [1.82, 2.24) is 39.1 Å². The minimum Gasteiger partial charge on any atom is -0.331 e. The van der Waals surface area contributed by atoms with Gasteiger partial charge in [-0.25, -0.2) is 14.6 Å². The van der Waals surface area contributed by atoms with Crippen LogP contribution in [0.4, 0.5) is 0 Å². The molecule has 9 nitrogen and oxygen atoms in total. The van der Waals surface area contributed by atoms with Crippen molar-refractivity contribution >= 4 is 43.5 Å². The lowest BCUT2D eigenvalue weighted by atomic mass is 10.1. The molecule has 0 radical (unpaired) electrons. The number of H-pyrrole nitrogens is 1. The Morgan fingerprint density at radius 2 is 2.10 bits per heavy atom. The lowest BCUT2D eigenvalue weighted by Gasteiger charge is -2.07. The van der Waals surface area contributed by atoms with Crippen LogP contribution in [-0.2, 0) is 20.1 Å². The van der Waals surface area contributed by atoms with Crippen LogP contribution in [0.15, 0.2) is 54.1 Å². The minimum atomic E-state index is -0.128. The first-order valence-corrected chi connectivity index (χ1v) is 10.2. The molecule has 0 aliphatic carbocycles. The number of imidazole rings is 1. The molecule has 0 saturated heterocycles. The van der Waals surface area contributed by atoms with Crippen molar-refractivity contribution in [3.8, 4) is 0 Å². The van der Waals surface area contributed by atoms with Gasteiger partial charge in [0.25, 0.3) is 5.56 Å². The topological polar surface area (TPSA) is 99.2 Å². The predicted octanol–water partition coefficient (Wildman–Crippen LogP) is 2.51. The van der Waals surface area contributed by atoms with Gasteiger partial charge in [0.1, 0.15) is 10.5 Å². The summed E-state index contributed by atoms with van der Waals surface area (Å²) in [6.45, 7) is 1.03. The number of aromatic amines is 1. The first-order chi connectivity index (χ1) is 14.7. The van der Waals surface area contributed by atoms with Crippen LogP contribution in [0.3, 0.4) is 0 Å². The van der Waals surface area contributed by atoms with E-state index in [1.54, 1.807) is 36.3 Å². The highest BCUT2D eigenvalue weighted by Crippen LogP contribution is 2.31. The lowest BCUT2D eigenvalue weighted by Crippen LogP contribution is -2.24. The zero-order valence-corrected chi connectivity index (χ0v) is 16.8. The van der Waals surface area contributed by atoms with E-state index in [0.29, 0.717) is 18.6 Å². The Morgan fingerprint density at radius 1 is 1.17 bits per heavy atom. The molecular weight excluding hydrogens is 400 g/mol. The van der Waals surface area contributed by atoms with Crippen molar-refractivity contribution in [2.75, 3.05) is 0 Å². The van der Waals surface area contributed by atoms with Gasteiger partial charge in [-0.15, -0.1) is 11.3 Å². The standard InChI is InChI=1S/C20H16N8OS/c1-26-17-14(18-19(26)24-16(30-18)10-27-6-5-21-11-27)8-23-28(20(17)29)9-12-3-2-4-15-13(12)7-22-25-15/h2-8,11H,9-10H2,1H3,(H,22,25). The number of fused-ring (bicyclic) bond motifs is 4. The van der Waals surface area contributed by atoms with Crippen LogP contribution in [0.1, 0.15) is 10.6 Å². The summed E-state index contributed by atoms with van der Waals surface area (Å²) in [6.07, 6.45) is 8.97. The average Bonchev–Trinajstić information content (AvgIpc) is 3.52. The molecule has 10 heteroatoms. The number of nitrogens with one attached hydrogen (secondary N) is 1. The first-order valence-electron chi connectivity index (χ1n) is 9.39. The largest absolute Gasteiger partial charge is 0.331 e. The monoisotopic (exact) mass is 416 g/mol. The van der Waals surface area contributed by atoms with Gasteiger partial charge in [0, 0.05) is 30.2 Å². The van der Waals surface area contributed by atoms with Crippen molar-refractivity contribution in [2.24, 2.45) is 7.05 Å². The molecule has 0 atom stereocenters. The summed E-state index contributed by atoms with van der Waals surface area (Å²) >= 11 is 1.59. The normalized spacial score (nSPS) is 11.9. The van der Waals surface area contributed by atoms with E-state index in [0.717, 1.165) is 37.2 Å². The number of nitrogens with zero attached hydrogens (tertiary/aromatic N) is 7. The Labute approximate surface area is 173 Å². The van der Waals surface area contributed by atoms with Gasteiger partial charge in [0.05, 0.1) is 42.0 Å². The number of thiazole rings is 1. The molecule has 0 spiro atoms. The lowest BCUT2D eigenvalue weighted by molar-refractivity contribution is 0.647. The maximum atomic E-state index is 13.3. The molecular formula is C20H16N8OS. The van der Waals surface area contributed by atoms with Gasteiger partial charge in [-0.1, -0.05) is 12.1 Å². The van der Waals surface area contributed by atoms with Gasteiger partial charge in [0.15, 0.2) is 5.65 Å². The summed E-state index contributed by atoms with van der Waals surface area (Å²) in [5.41, 5.74) is 3.23. The smallest absolute Gasteiger partial charge is 0.291 e. The fraction of sp³-hybridized carbons (Fsp3) is 0.150. The molecule has 6 rings (SSSR count). The number of rotatable bonds is 4. The maximum absolute atomic E-state index is 13.3. The minimum absolute atomic E-state index is 0.128. The second-order valence-corrected chi connectivity index (χ2v) is 8.26. The molecule has 0 aliphatic rings. The van der Waals surface area contributed by atoms with E-state index in [9.17, 15) is 4.79 Å². The molecule has 1 aromatic carbocycles. The molecule has 1 N–H and O–H groups in total. The summed E-state index contributed by atoms with van der Waals surface area (Å²) < 4.78 is 6.33. The maximum Gasteiger partial charge on any atom is 0.291 e. The molecule has 0 fully saturated rings. The molecule has 148 valence electrons. The van der Waals surface area contributed by atoms with Gasteiger partial charge in [-0.2, -0.15) is 10.2 Å². The third-order valence-electron chi connectivity index (χ3n) is 5.34. The molecule has 0 unspecified atom stereocenters. The highest BCUT2D eigenvalue weighted by molar-refractivity contribution is 7.19. The average molecular weight is 416 g/mol. The second kappa shape index (κ2) is 6.36. The number of aromatic nitrogens is 8. The zero-order valence-electron chi connectivity index (χ0n) is 16.0. The highest BCUT2D eigenvalue weighted by atomic mass is 32.1. The van der Waals surface area contributed by atoms with Crippen molar-refractivity contribution in [2.45, 2.75) is 13.1 Å². The highest BCUT2D eigenvalue weighted by Gasteiger charge is 2.18. The molecule has 0 bridgehead atoms. The number of hydrogen-bond acceptors (Lipinski definition) is 6. The van der Waals surface area contributed by atoms with E-state index in [-0.39, 0.29) is 5.56 Å². The van der Waals surface area contributed by atoms with Gasteiger partial charge in [-0.3, -0.25) is 9.89 Å². The summed E-state index contributed by atoms with van der Waals surface area (Å²) in [7, 11) is 1.88. The molecule has 5 heterocycles. The van der Waals surface area contributed by atoms with Crippen LogP contribution in [0.25, 0.3) is 32.2 Å². The Balaban J connectivity index is 1.45. The van der Waals surface area contributed by atoms with E-state index < -0.39 is 0 Å². The summed E-state index contributed by atoms with van der Waals surface area (Å²) in [5.74, 6) is 0. The van der Waals surface area contributed by atoms with Gasteiger partial charge < -0.3 is 9.13 Å². The van der Waals surface area contributed by atoms with Crippen molar-refractivity contribution < 1.29 is 0 Å². The molecule has 0 aliphatic heterocycles. The van der Waals surface area contributed by atoms with E-state index in [2.05, 4.69) is 20.3 Å². The molecule has 0 amide bonds. The fourth-order valence-electron chi connectivity index (χ4n) is 3.88. The molecule has 5 aromatic heterocycles. The van der Waals surface area contributed by atoms with Crippen LogP contribution in [0.5, 0.6) is 0 Å². The Bertz CT molecular complexity index is 1580. The SMILES string of the molecule is Cn1c2nc(Cn3ccnc3)sc2c2cnn(Cc3cccc4[nH]ncc34)c(=O)c21. The van der Waals surface area contributed by atoms with Crippen LogP contribution >= 0.6 is 11.3 Å². The Kier molecular flexibility index (Phi) is 3.62.